The van der Waals surface area contributed by atoms with Gasteiger partial charge >= 0.3 is 5.97 Å². The van der Waals surface area contributed by atoms with E-state index in [1.54, 1.807) is 13.0 Å². The Hall–Kier alpha value is -1.55. The monoisotopic (exact) mass is 309 g/mol. The first kappa shape index (κ1) is 15.8. The molecule has 1 aromatic rings. The second-order valence-electron chi connectivity index (χ2n) is 5.73. The predicted octanol–water partition coefficient (Wildman–Crippen LogP) is 2.98. The molecule has 1 saturated carbocycles. The van der Waals surface area contributed by atoms with Crippen LogP contribution >= 0.6 is 11.6 Å². The third-order valence-corrected chi connectivity index (χ3v) is 4.06. The van der Waals surface area contributed by atoms with Gasteiger partial charge in [0.25, 0.3) is 0 Å². The quantitative estimate of drug-likeness (QED) is 0.879. The summed E-state index contributed by atoms with van der Waals surface area (Å²) in [7, 11) is 0. The van der Waals surface area contributed by atoms with Crippen LogP contribution in [0.25, 0.3) is 0 Å². The van der Waals surface area contributed by atoms with Crippen molar-refractivity contribution >= 4 is 23.5 Å². The average Bonchev–Trinajstić information content (AvgIpc) is 3.23. The first-order valence-corrected chi connectivity index (χ1v) is 7.57. The lowest BCUT2D eigenvalue weighted by molar-refractivity contribution is -0.151. The van der Waals surface area contributed by atoms with E-state index >= 15 is 0 Å². The number of carbonyl (C=O) groups is 2. The number of carbonyl (C=O) groups excluding carboxylic acids is 1. The summed E-state index contributed by atoms with van der Waals surface area (Å²) in [6, 6.07) is 6.73. The lowest BCUT2D eigenvalue weighted by atomic mass is 9.99. The summed E-state index contributed by atoms with van der Waals surface area (Å²) in [5.74, 6) is -1.30. The highest BCUT2D eigenvalue weighted by molar-refractivity contribution is 6.30. The normalized spacial score (nSPS) is 17.1. The van der Waals surface area contributed by atoms with Gasteiger partial charge in [0.1, 0.15) is 6.04 Å². The lowest BCUT2D eigenvalue weighted by Crippen LogP contribution is -2.47. The molecule has 1 aromatic carbocycles. The molecule has 0 saturated heterocycles. The molecule has 0 radical (unpaired) electrons. The van der Waals surface area contributed by atoms with Gasteiger partial charge in [-0.3, -0.25) is 4.79 Å². The van der Waals surface area contributed by atoms with Crippen molar-refractivity contribution < 1.29 is 14.7 Å². The molecule has 0 aromatic heterocycles. The van der Waals surface area contributed by atoms with Gasteiger partial charge < -0.3 is 10.0 Å². The number of rotatable bonds is 6. The molecule has 2 unspecified atom stereocenters. The number of carboxylic acid groups (broad SMARTS) is 1. The van der Waals surface area contributed by atoms with Crippen LogP contribution in [-0.4, -0.2) is 34.0 Å². The number of benzene rings is 1. The molecule has 1 aliphatic rings. The van der Waals surface area contributed by atoms with Crippen molar-refractivity contribution in [3.63, 3.8) is 0 Å². The standard InChI is InChI=1S/C16H20ClNO3/c1-10(8-12-4-3-5-13(17)9-12)15(19)18(14-6-7-14)11(2)16(20)21/h3-5,9-11,14H,6-8H2,1-2H3,(H,20,21). The minimum Gasteiger partial charge on any atom is -0.480 e. The van der Waals surface area contributed by atoms with Gasteiger partial charge in [-0.25, -0.2) is 4.79 Å². The van der Waals surface area contributed by atoms with Gasteiger partial charge in [0, 0.05) is 17.0 Å². The molecule has 2 atom stereocenters. The average molecular weight is 310 g/mol. The van der Waals surface area contributed by atoms with Gasteiger partial charge in [-0.1, -0.05) is 30.7 Å². The van der Waals surface area contributed by atoms with Gasteiger partial charge in [-0.15, -0.1) is 0 Å². The number of halogens is 1. The van der Waals surface area contributed by atoms with E-state index in [2.05, 4.69) is 0 Å². The molecule has 0 bridgehead atoms. The van der Waals surface area contributed by atoms with Gasteiger partial charge in [-0.2, -0.15) is 0 Å². The molecule has 4 nitrogen and oxygen atoms in total. The molecule has 1 aliphatic carbocycles. The van der Waals surface area contributed by atoms with Gasteiger partial charge in [0.15, 0.2) is 0 Å². The van der Waals surface area contributed by atoms with E-state index in [1.807, 2.05) is 25.1 Å². The number of hydrogen-bond donors (Lipinski definition) is 1. The van der Waals surface area contributed by atoms with Crippen LogP contribution in [0.15, 0.2) is 24.3 Å². The van der Waals surface area contributed by atoms with Crippen LogP contribution in [0.3, 0.4) is 0 Å². The Morgan fingerprint density at radius 1 is 1.38 bits per heavy atom. The zero-order valence-corrected chi connectivity index (χ0v) is 13.0. The Bertz CT molecular complexity index is 542. The van der Waals surface area contributed by atoms with E-state index in [-0.39, 0.29) is 17.9 Å². The summed E-state index contributed by atoms with van der Waals surface area (Å²) >= 11 is 5.95. The molecule has 1 amide bonds. The highest BCUT2D eigenvalue weighted by atomic mass is 35.5. The molecule has 5 heteroatoms. The largest absolute Gasteiger partial charge is 0.480 e. The van der Waals surface area contributed by atoms with Crippen LogP contribution in [-0.2, 0) is 16.0 Å². The fraction of sp³-hybridized carbons (Fsp3) is 0.500. The molecule has 0 spiro atoms. The Kier molecular flexibility index (Phi) is 4.88. The molecule has 1 fully saturated rings. The van der Waals surface area contributed by atoms with Crippen LogP contribution < -0.4 is 0 Å². The number of aliphatic carboxylic acids is 1. The van der Waals surface area contributed by atoms with Crippen molar-refractivity contribution in [1.29, 1.82) is 0 Å². The first-order chi connectivity index (χ1) is 9.90. The van der Waals surface area contributed by atoms with Gasteiger partial charge in [0.05, 0.1) is 0 Å². The summed E-state index contributed by atoms with van der Waals surface area (Å²) in [4.78, 5) is 25.3. The molecular weight excluding hydrogens is 290 g/mol. The number of amides is 1. The van der Waals surface area contributed by atoms with Crippen LogP contribution in [0.2, 0.25) is 5.02 Å². The van der Waals surface area contributed by atoms with E-state index in [0.29, 0.717) is 11.4 Å². The van der Waals surface area contributed by atoms with Crippen LogP contribution in [0, 0.1) is 5.92 Å². The van der Waals surface area contributed by atoms with Crippen molar-refractivity contribution in [3.05, 3.63) is 34.9 Å². The van der Waals surface area contributed by atoms with Crippen molar-refractivity contribution in [1.82, 2.24) is 4.90 Å². The first-order valence-electron chi connectivity index (χ1n) is 7.19. The third-order valence-electron chi connectivity index (χ3n) is 3.82. The summed E-state index contributed by atoms with van der Waals surface area (Å²) in [5, 5.41) is 9.82. The van der Waals surface area contributed by atoms with Crippen LogP contribution in [0.4, 0.5) is 0 Å². The third kappa shape index (κ3) is 3.97. The molecule has 21 heavy (non-hydrogen) atoms. The Morgan fingerprint density at radius 2 is 2.05 bits per heavy atom. The molecule has 0 aliphatic heterocycles. The fourth-order valence-corrected chi connectivity index (χ4v) is 2.73. The van der Waals surface area contributed by atoms with Gasteiger partial charge in [-0.05, 0) is 43.9 Å². The maximum atomic E-state index is 12.6. The summed E-state index contributed by atoms with van der Waals surface area (Å²) in [6.07, 6.45) is 2.36. The Balaban J connectivity index is 2.07. The topological polar surface area (TPSA) is 57.6 Å². The maximum Gasteiger partial charge on any atom is 0.326 e. The van der Waals surface area contributed by atoms with E-state index in [9.17, 15) is 14.7 Å². The predicted molar refractivity (Wildman–Crippen MR) is 81.3 cm³/mol. The van der Waals surface area contributed by atoms with Crippen LogP contribution in [0.1, 0.15) is 32.3 Å². The Morgan fingerprint density at radius 3 is 2.57 bits per heavy atom. The lowest BCUT2D eigenvalue weighted by Gasteiger charge is -2.29. The van der Waals surface area contributed by atoms with Crippen molar-refractivity contribution in [2.45, 2.75) is 45.2 Å². The Labute approximate surface area is 129 Å². The van der Waals surface area contributed by atoms with E-state index < -0.39 is 12.0 Å². The zero-order chi connectivity index (χ0) is 15.6. The van der Waals surface area contributed by atoms with Gasteiger partial charge in [0.2, 0.25) is 5.91 Å². The highest BCUT2D eigenvalue weighted by Gasteiger charge is 2.39. The number of carboxylic acids is 1. The van der Waals surface area contributed by atoms with E-state index in [4.69, 9.17) is 11.6 Å². The number of nitrogens with zero attached hydrogens (tertiary/aromatic N) is 1. The summed E-state index contributed by atoms with van der Waals surface area (Å²) < 4.78 is 0. The summed E-state index contributed by atoms with van der Waals surface area (Å²) in [5.41, 5.74) is 0.988. The second kappa shape index (κ2) is 6.48. The van der Waals surface area contributed by atoms with E-state index in [1.165, 1.54) is 4.90 Å². The molecule has 1 N–H and O–H groups in total. The van der Waals surface area contributed by atoms with Crippen molar-refractivity contribution in [2.24, 2.45) is 5.92 Å². The minimum atomic E-state index is -0.954. The number of hydrogen-bond acceptors (Lipinski definition) is 2. The summed E-state index contributed by atoms with van der Waals surface area (Å²) in [6.45, 7) is 3.41. The maximum absolute atomic E-state index is 12.6. The van der Waals surface area contributed by atoms with Crippen molar-refractivity contribution in [3.8, 4) is 0 Å². The molecular formula is C16H20ClNO3. The van der Waals surface area contributed by atoms with Crippen LogP contribution in [0.5, 0.6) is 0 Å². The zero-order valence-electron chi connectivity index (χ0n) is 12.3. The molecule has 114 valence electrons. The minimum absolute atomic E-state index is 0.0883. The molecule has 2 rings (SSSR count). The van der Waals surface area contributed by atoms with E-state index in [0.717, 1.165) is 18.4 Å². The SMILES string of the molecule is CC(Cc1cccc(Cl)c1)C(=O)N(C1CC1)C(C)C(=O)O. The molecule has 0 heterocycles. The fourth-order valence-electron chi connectivity index (χ4n) is 2.52. The highest BCUT2D eigenvalue weighted by Crippen LogP contribution is 2.30. The smallest absolute Gasteiger partial charge is 0.326 e. The van der Waals surface area contributed by atoms with Crippen molar-refractivity contribution in [2.75, 3.05) is 0 Å². The second-order valence-corrected chi connectivity index (χ2v) is 6.16.